The molecule has 0 bridgehead atoms. The van der Waals surface area contributed by atoms with Crippen molar-refractivity contribution < 1.29 is 13.2 Å². The molecule has 27 heavy (non-hydrogen) atoms. The third kappa shape index (κ3) is 6.95. The molecule has 0 aliphatic carbocycles. The summed E-state index contributed by atoms with van der Waals surface area (Å²) in [5, 5.41) is 11.0. The van der Waals surface area contributed by atoms with Crippen molar-refractivity contribution in [1.82, 2.24) is 15.3 Å². The van der Waals surface area contributed by atoms with E-state index in [1.165, 1.54) is 24.5 Å². The minimum absolute atomic E-state index is 0.0890. The first-order chi connectivity index (χ1) is 12.9. The van der Waals surface area contributed by atoms with Crippen LogP contribution in [0.5, 0.6) is 0 Å². The van der Waals surface area contributed by atoms with Crippen LogP contribution in [-0.4, -0.2) is 37.4 Å². The predicted molar refractivity (Wildman–Crippen MR) is 104 cm³/mol. The van der Waals surface area contributed by atoms with Crippen molar-refractivity contribution in [3.05, 3.63) is 47.8 Å². The normalized spacial score (nSPS) is 11.2. The summed E-state index contributed by atoms with van der Waals surface area (Å²) in [6.07, 6.45) is 6.80. The zero-order valence-corrected chi connectivity index (χ0v) is 16.1. The highest BCUT2D eigenvalue weighted by atomic mass is 32.2. The minimum Gasteiger partial charge on any atom is -0.354 e. The van der Waals surface area contributed by atoms with Crippen molar-refractivity contribution in [1.29, 1.82) is 0 Å². The molecule has 1 heterocycles. The van der Waals surface area contributed by atoms with E-state index >= 15 is 0 Å². The summed E-state index contributed by atoms with van der Waals surface area (Å²) < 4.78 is 22.5. The van der Waals surface area contributed by atoms with Crippen LogP contribution in [0.15, 0.2) is 41.6 Å². The van der Waals surface area contributed by atoms with Crippen LogP contribution in [0.2, 0.25) is 0 Å². The number of nitrogens with zero attached hydrogens (tertiary/aromatic N) is 2. The van der Waals surface area contributed by atoms with E-state index in [1.807, 2.05) is 0 Å². The fourth-order valence-electron chi connectivity index (χ4n) is 2.38. The Bertz CT molecular complexity index is 836. The van der Waals surface area contributed by atoms with E-state index in [4.69, 9.17) is 5.14 Å². The summed E-state index contributed by atoms with van der Waals surface area (Å²) in [6.45, 7) is 3.33. The van der Waals surface area contributed by atoms with Gasteiger partial charge in [-0.05, 0) is 30.5 Å². The lowest BCUT2D eigenvalue weighted by atomic mass is 10.1. The topological polar surface area (TPSA) is 127 Å². The second kappa shape index (κ2) is 9.98. The number of nitrogens with two attached hydrogens (primary N) is 1. The molecule has 1 amide bonds. The Morgan fingerprint density at radius 2 is 1.74 bits per heavy atom. The van der Waals surface area contributed by atoms with Gasteiger partial charge in [-0.1, -0.05) is 31.9 Å². The number of hydrogen-bond donors (Lipinski definition) is 3. The number of primary sulfonamides is 1. The monoisotopic (exact) mass is 391 g/mol. The van der Waals surface area contributed by atoms with Crippen LogP contribution in [0, 0.1) is 0 Å². The van der Waals surface area contributed by atoms with Gasteiger partial charge in [0.2, 0.25) is 16.0 Å². The number of anilines is 1. The lowest BCUT2D eigenvalue weighted by molar-refractivity contribution is 0.0952. The van der Waals surface area contributed by atoms with Gasteiger partial charge in [-0.2, -0.15) is 0 Å². The van der Waals surface area contributed by atoms with Gasteiger partial charge in [0.15, 0.2) is 0 Å². The van der Waals surface area contributed by atoms with Gasteiger partial charge in [-0.25, -0.2) is 23.5 Å². The zero-order valence-electron chi connectivity index (χ0n) is 15.3. The lowest BCUT2D eigenvalue weighted by Crippen LogP contribution is -2.24. The third-order valence-corrected chi connectivity index (χ3v) is 4.86. The second-order valence-corrected chi connectivity index (χ2v) is 7.69. The molecule has 2 rings (SSSR count). The molecular weight excluding hydrogens is 366 g/mol. The molecular formula is C18H25N5O3S. The number of benzene rings is 1. The Morgan fingerprint density at radius 1 is 1.07 bits per heavy atom. The first-order valence-electron chi connectivity index (χ1n) is 8.86. The van der Waals surface area contributed by atoms with Gasteiger partial charge in [0.25, 0.3) is 5.91 Å². The predicted octanol–water partition coefficient (Wildman–Crippen LogP) is 1.70. The fraction of sp³-hybridized carbons (Fsp3) is 0.389. The van der Waals surface area contributed by atoms with Crippen LogP contribution >= 0.6 is 0 Å². The van der Waals surface area contributed by atoms with Crippen molar-refractivity contribution in [2.75, 3.05) is 18.4 Å². The summed E-state index contributed by atoms with van der Waals surface area (Å²) in [4.78, 5) is 20.3. The molecule has 8 nitrogen and oxygen atoms in total. The van der Waals surface area contributed by atoms with E-state index in [-0.39, 0.29) is 10.8 Å². The summed E-state index contributed by atoms with van der Waals surface area (Å²) in [6, 6.07) is 6.40. The molecule has 0 unspecified atom stereocenters. The maximum absolute atomic E-state index is 12.0. The van der Waals surface area contributed by atoms with Crippen LogP contribution in [-0.2, 0) is 16.4 Å². The molecule has 1 aromatic heterocycles. The fourth-order valence-corrected chi connectivity index (χ4v) is 2.90. The summed E-state index contributed by atoms with van der Waals surface area (Å²) in [7, 11) is -3.67. The number of nitrogens with one attached hydrogen (secondary N) is 2. The summed E-state index contributed by atoms with van der Waals surface area (Å²) in [5.74, 6) is 0.256. The Labute approximate surface area is 159 Å². The van der Waals surface area contributed by atoms with E-state index in [1.54, 1.807) is 12.1 Å². The number of hydrogen-bond acceptors (Lipinski definition) is 6. The number of unbranched alkanes of at least 4 members (excludes halogenated alkanes) is 2. The van der Waals surface area contributed by atoms with E-state index in [0.717, 1.165) is 24.8 Å². The molecule has 0 aliphatic heterocycles. The second-order valence-electron chi connectivity index (χ2n) is 6.12. The highest BCUT2D eigenvalue weighted by Crippen LogP contribution is 2.09. The van der Waals surface area contributed by atoms with Gasteiger partial charge in [0.05, 0.1) is 10.5 Å². The number of rotatable bonds is 10. The van der Waals surface area contributed by atoms with Crippen molar-refractivity contribution in [2.45, 2.75) is 37.5 Å². The van der Waals surface area contributed by atoms with Crippen molar-refractivity contribution in [3.8, 4) is 0 Å². The highest BCUT2D eigenvalue weighted by molar-refractivity contribution is 7.89. The molecule has 4 N–H and O–H groups in total. The van der Waals surface area contributed by atoms with Gasteiger partial charge in [-0.3, -0.25) is 4.79 Å². The molecule has 0 spiro atoms. The van der Waals surface area contributed by atoms with Crippen LogP contribution in [0.25, 0.3) is 0 Å². The van der Waals surface area contributed by atoms with Crippen LogP contribution in [0.3, 0.4) is 0 Å². The number of amides is 1. The van der Waals surface area contributed by atoms with E-state index in [9.17, 15) is 13.2 Å². The van der Waals surface area contributed by atoms with E-state index < -0.39 is 10.0 Å². The molecule has 0 saturated carbocycles. The quantitative estimate of drug-likeness (QED) is 0.529. The van der Waals surface area contributed by atoms with Gasteiger partial charge in [-0.15, -0.1) is 0 Å². The molecule has 9 heteroatoms. The molecule has 2 aromatic rings. The average molecular weight is 391 g/mol. The Kier molecular flexibility index (Phi) is 7.68. The Balaban J connectivity index is 1.79. The van der Waals surface area contributed by atoms with Crippen LogP contribution in [0.1, 0.15) is 42.1 Å². The molecule has 146 valence electrons. The van der Waals surface area contributed by atoms with E-state index in [2.05, 4.69) is 27.5 Å². The van der Waals surface area contributed by atoms with Gasteiger partial charge < -0.3 is 10.6 Å². The molecule has 0 aliphatic rings. The van der Waals surface area contributed by atoms with Crippen molar-refractivity contribution >= 4 is 21.9 Å². The minimum atomic E-state index is -3.67. The molecule has 0 atom stereocenters. The number of sulfonamides is 1. The first kappa shape index (κ1) is 20.8. The molecule has 0 saturated heterocycles. The maximum Gasteiger partial charge on any atom is 0.254 e. The number of aromatic nitrogens is 2. The standard InChI is InChI=1S/C18H25N5O3S/c1-2-3-4-10-20-17(24)15-12-22-18(23-13-15)21-11-9-14-5-7-16(8-6-14)27(19,25)26/h5-8,12-13H,2-4,9-11H2,1H3,(H,20,24)(H2,19,25,26)(H,21,22,23). The lowest BCUT2D eigenvalue weighted by Gasteiger charge is -2.07. The smallest absolute Gasteiger partial charge is 0.254 e. The van der Waals surface area contributed by atoms with Crippen molar-refractivity contribution in [2.24, 2.45) is 5.14 Å². The molecule has 1 aromatic carbocycles. The highest BCUT2D eigenvalue weighted by Gasteiger charge is 2.08. The largest absolute Gasteiger partial charge is 0.354 e. The Hall–Kier alpha value is -2.52. The SMILES string of the molecule is CCCCCNC(=O)c1cnc(NCCc2ccc(S(N)(=O)=O)cc2)nc1. The van der Waals surface area contributed by atoms with Gasteiger partial charge >= 0.3 is 0 Å². The number of carbonyl (C=O) groups is 1. The van der Waals surface area contributed by atoms with E-state index in [0.29, 0.717) is 31.0 Å². The van der Waals surface area contributed by atoms with Gasteiger partial charge in [0.1, 0.15) is 0 Å². The first-order valence-corrected chi connectivity index (χ1v) is 10.4. The zero-order chi connectivity index (χ0) is 19.7. The van der Waals surface area contributed by atoms with Crippen molar-refractivity contribution in [3.63, 3.8) is 0 Å². The maximum atomic E-state index is 12.0. The van der Waals surface area contributed by atoms with Crippen LogP contribution < -0.4 is 15.8 Å². The van der Waals surface area contributed by atoms with Gasteiger partial charge in [0, 0.05) is 25.5 Å². The Morgan fingerprint density at radius 3 is 2.33 bits per heavy atom. The number of carbonyl (C=O) groups excluding carboxylic acids is 1. The van der Waals surface area contributed by atoms with Crippen LogP contribution in [0.4, 0.5) is 5.95 Å². The summed E-state index contributed by atoms with van der Waals surface area (Å²) >= 11 is 0. The molecule has 0 fully saturated rings. The average Bonchev–Trinajstić information content (AvgIpc) is 2.65. The summed E-state index contributed by atoms with van der Waals surface area (Å²) in [5.41, 5.74) is 1.38. The third-order valence-electron chi connectivity index (χ3n) is 3.93. The molecule has 0 radical (unpaired) electrons.